The van der Waals surface area contributed by atoms with Crippen molar-refractivity contribution in [3.8, 4) is 0 Å². The lowest BCUT2D eigenvalue weighted by molar-refractivity contribution is -0.135. The number of amides is 1. The van der Waals surface area contributed by atoms with Crippen molar-refractivity contribution in [3.63, 3.8) is 0 Å². The van der Waals surface area contributed by atoms with Crippen LogP contribution >= 0.6 is 0 Å². The third-order valence-electron chi connectivity index (χ3n) is 3.27. The zero-order valence-electron chi connectivity index (χ0n) is 11.0. The average Bonchev–Trinajstić information content (AvgIpc) is 2.19. The molecule has 1 aliphatic heterocycles. The molecule has 1 heterocycles. The molecule has 0 saturated carbocycles. The van der Waals surface area contributed by atoms with E-state index in [0.29, 0.717) is 5.92 Å². The molecule has 0 spiro atoms. The van der Waals surface area contributed by atoms with Crippen LogP contribution in [0.15, 0.2) is 0 Å². The Balaban J connectivity index is 2.40. The molecular weight excluding hydrogens is 202 g/mol. The Hall–Kier alpha value is -0.610. The normalized spacial score (nSPS) is 19.8. The van der Waals surface area contributed by atoms with Crippen LogP contribution in [0.1, 0.15) is 26.7 Å². The first kappa shape index (κ1) is 13.5. The Bertz CT molecular complexity index is 239. The molecule has 0 aliphatic carbocycles. The van der Waals surface area contributed by atoms with E-state index in [1.165, 1.54) is 12.8 Å². The summed E-state index contributed by atoms with van der Waals surface area (Å²) in [4.78, 5) is 16.0. The van der Waals surface area contributed by atoms with Gasteiger partial charge in [0.2, 0.25) is 5.91 Å². The largest absolute Gasteiger partial charge is 0.344 e. The second kappa shape index (κ2) is 5.15. The second-order valence-electron chi connectivity index (χ2n) is 5.65. The van der Waals surface area contributed by atoms with Crippen LogP contribution in [0, 0.1) is 5.92 Å². The van der Waals surface area contributed by atoms with Crippen LogP contribution in [0.5, 0.6) is 0 Å². The van der Waals surface area contributed by atoms with Gasteiger partial charge in [-0.3, -0.25) is 4.79 Å². The summed E-state index contributed by atoms with van der Waals surface area (Å²) in [6, 6.07) is 0. The standard InChI is InChI=1S/C12H25N3O/c1-12(2,13)11(16)15(4)9-10-5-7-14(3)8-6-10/h10H,5-9,13H2,1-4H3. The number of piperidine rings is 1. The Morgan fingerprint density at radius 3 is 2.38 bits per heavy atom. The molecule has 1 aliphatic rings. The summed E-state index contributed by atoms with van der Waals surface area (Å²) >= 11 is 0. The number of rotatable bonds is 3. The summed E-state index contributed by atoms with van der Waals surface area (Å²) < 4.78 is 0. The van der Waals surface area contributed by atoms with Crippen LogP contribution < -0.4 is 5.73 Å². The number of nitrogens with zero attached hydrogens (tertiary/aromatic N) is 2. The highest BCUT2D eigenvalue weighted by molar-refractivity contribution is 5.84. The SMILES string of the molecule is CN1CCC(CN(C)C(=O)C(C)(C)N)CC1. The Kier molecular flexibility index (Phi) is 4.33. The summed E-state index contributed by atoms with van der Waals surface area (Å²) in [5, 5.41) is 0. The van der Waals surface area contributed by atoms with E-state index in [-0.39, 0.29) is 5.91 Å². The predicted octanol–water partition coefficient (Wildman–Crippen LogP) is 0.524. The van der Waals surface area contributed by atoms with Crippen LogP contribution in [0.3, 0.4) is 0 Å². The van der Waals surface area contributed by atoms with Gasteiger partial charge in [-0.25, -0.2) is 0 Å². The van der Waals surface area contributed by atoms with E-state index in [1.807, 2.05) is 7.05 Å². The number of hydrogen-bond acceptors (Lipinski definition) is 3. The van der Waals surface area contributed by atoms with Gasteiger partial charge in [-0.15, -0.1) is 0 Å². The number of carbonyl (C=O) groups is 1. The van der Waals surface area contributed by atoms with Crippen molar-refractivity contribution < 1.29 is 4.79 Å². The molecule has 0 aromatic heterocycles. The highest BCUT2D eigenvalue weighted by Crippen LogP contribution is 2.17. The van der Waals surface area contributed by atoms with E-state index in [1.54, 1.807) is 18.7 Å². The number of carbonyl (C=O) groups excluding carboxylic acids is 1. The Morgan fingerprint density at radius 1 is 1.44 bits per heavy atom. The van der Waals surface area contributed by atoms with E-state index in [4.69, 9.17) is 5.73 Å². The van der Waals surface area contributed by atoms with Gasteiger partial charge in [-0.1, -0.05) is 0 Å². The van der Waals surface area contributed by atoms with Gasteiger partial charge in [0.25, 0.3) is 0 Å². The molecule has 2 N–H and O–H groups in total. The van der Waals surface area contributed by atoms with Crippen molar-refractivity contribution in [3.05, 3.63) is 0 Å². The van der Waals surface area contributed by atoms with Crippen molar-refractivity contribution in [2.24, 2.45) is 11.7 Å². The molecule has 0 unspecified atom stereocenters. The van der Waals surface area contributed by atoms with Crippen molar-refractivity contribution in [2.75, 3.05) is 33.7 Å². The van der Waals surface area contributed by atoms with Gasteiger partial charge in [-0.05, 0) is 52.7 Å². The van der Waals surface area contributed by atoms with E-state index in [9.17, 15) is 4.79 Å². The maximum Gasteiger partial charge on any atom is 0.241 e. The van der Waals surface area contributed by atoms with E-state index < -0.39 is 5.54 Å². The van der Waals surface area contributed by atoms with Crippen LogP contribution in [0.4, 0.5) is 0 Å². The minimum absolute atomic E-state index is 0.0337. The number of likely N-dealkylation sites (N-methyl/N-ethyl adjacent to an activating group) is 1. The van der Waals surface area contributed by atoms with Crippen molar-refractivity contribution >= 4 is 5.91 Å². The predicted molar refractivity (Wildman–Crippen MR) is 66.1 cm³/mol. The highest BCUT2D eigenvalue weighted by atomic mass is 16.2. The molecule has 1 rings (SSSR count). The molecule has 16 heavy (non-hydrogen) atoms. The monoisotopic (exact) mass is 227 g/mol. The van der Waals surface area contributed by atoms with Crippen LogP contribution in [-0.4, -0.2) is 55.0 Å². The maximum atomic E-state index is 11.9. The fourth-order valence-corrected chi connectivity index (χ4v) is 2.21. The van der Waals surface area contributed by atoms with Gasteiger partial charge in [0.1, 0.15) is 0 Å². The molecule has 4 nitrogen and oxygen atoms in total. The maximum absolute atomic E-state index is 11.9. The number of nitrogens with two attached hydrogens (primary N) is 1. The van der Waals surface area contributed by atoms with Gasteiger partial charge in [0.05, 0.1) is 5.54 Å². The molecule has 0 radical (unpaired) electrons. The molecule has 94 valence electrons. The molecule has 1 amide bonds. The smallest absolute Gasteiger partial charge is 0.241 e. The molecule has 0 aromatic carbocycles. The molecular formula is C12H25N3O. The molecule has 4 heteroatoms. The van der Waals surface area contributed by atoms with Crippen LogP contribution in [0.2, 0.25) is 0 Å². The molecule has 0 bridgehead atoms. The van der Waals surface area contributed by atoms with Gasteiger partial charge in [0.15, 0.2) is 0 Å². The first-order valence-corrected chi connectivity index (χ1v) is 6.03. The molecule has 1 saturated heterocycles. The summed E-state index contributed by atoms with van der Waals surface area (Å²) in [5.74, 6) is 0.666. The van der Waals surface area contributed by atoms with E-state index in [0.717, 1.165) is 19.6 Å². The molecule has 1 fully saturated rings. The Morgan fingerprint density at radius 2 is 1.94 bits per heavy atom. The van der Waals surface area contributed by atoms with E-state index >= 15 is 0 Å². The van der Waals surface area contributed by atoms with Crippen molar-refractivity contribution in [1.29, 1.82) is 0 Å². The zero-order valence-corrected chi connectivity index (χ0v) is 11.0. The third-order valence-corrected chi connectivity index (χ3v) is 3.27. The van der Waals surface area contributed by atoms with Gasteiger partial charge >= 0.3 is 0 Å². The lowest BCUT2D eigenvalue weighted by atomic mass is 9.96. The molecule has 0 aromatic rings. The fourth-order valence-electron chi connectivity index (χ4n) is 2.21. The van der Waals surface area contributed by atoms with Gasteiger partial charge < -0.3 is 15.5 Å². The summed E-state index contributed by atoms with van der Waals surface area (Å²) in [5.41, 5.74) is 5.06. The number of hydrogen-bond donors (Lipinski definition) is 1. The number of likely N-dealkylation sites (tertiary alicyclic amines) is 1. The van der Waals surface area contributed by atoms with Gasteiger partial charge in [0, 0.05) is 13.6 Å². The van der Waals surface area contributed by atoms with Crippen LogP contribution in [-0.2, 0) is 4.79 Å². The van der Waals surface area contributed by atoms with E-state index in [2.05, 4.69) is 11.9 Å². The average molecular weight is 227 g/mol. The minimum atomic E-state index is -0.750. The zero-order chi connectivity index (χ0) is 12.3. The van der Waals surface area contributed by atoms with Crippen LogP contribution in [0.25, 0.3) is 0 Å². The first-order valence-electron chi connectivity index (χ1n) is 6.03. The lowest BCUT2D eigenvalue weighted by Crippen LogP contribution is -2.51. The molecule has 0 atom stereocenters. The summed E-state index contributed by atoms with van der Waals surface area (Å²) in [6.45, 7) is 6.64. The lowest BCUT2D eigenvalue weighted by Gasteiger charge is -2.33. The van der Waals surface area contributed by atoms with Crippen molar-refractivity contribution in [2.45, 2.75) is 32.2 Å². The van der Waals surface area contributed by atoms with Gasteiger partial charge in [-0.2, -0.15) is 0 Å². The Labute approximate surface area is 98.8 Å². The summed E-state index contributed by atoms with van der Waals surface area (Å²) in [6.07, 6.45) is 2.36. The quantitative estimate of drug-likeness (QED) is 0.765. The highest BCUT2D eigenvalue weighted by Gasteiger charge is 2.27. The second-order valence-corrected chi connectivity index (χ2v) is 5.65. The fraction of sp³-hybridized carbons (Fsp3) is 0.917. The van der Waals surface area contributed by atoms with Crippen molar-refractivity contribution in [1.82, 2.24) is 9.80 Å². The first-order chi connectivity index (χ1) is 7.30. The minimum Gasteiger partial charge on any atom is -0.344 e. The topological polar surface area (TPSA) is 49.6 Å². The third kappa shape index (κ3) is 3.76. The summed E-state index contributed by atoms with van der Waals surface area (Å²) in [7, 11) is 4.00.